The van der Waals surface area contributed by atoms with Crippen molar-refractivity contribution in [1.29, 1.82) is 0 Å². The summed E-state index contributed by atoms with van der Waals surface area (Å²) in [6, 6.07) is 3.39. The minimum absolute atomic E-state index is 0.00856. The van der Waals surface area contributed by atoms with Gasteiger partial charge in [0.25, 0.3) is 0 Å². The molecule has 0 aliphatic heterocycles. The molecule has 0 aliphatic carbocycles. The molecule has 0 radical (unpaired) electrons. The van der Waals surface area contributed by atoms with Gasteiger partial charge in [0.05, 0.1) is 18.3 Å². The van der Waals surface area contributed by atoms with Gasteiger partial charge in [0.15, 0.2) is 0 Å². The summed E-state index contributed by atoms with van der Waals surface area (Å²) in [5, 5.41) is 20.5. The lowest BCUT2D eigenvalue weighted by Crippen LogP contribution is -2.23. The van der Waals surface area contributed by atoms with Crippen molar-refractivity contribution in [3.8, 4) is 0 Å². The van der Waals surface area contributed by atoms with Gasteiger partial charge in [-0.15, -0.1) is 11.8 Å². The first-order chi connectivity index (χ1) is 8.38. The molecule has 3 N–H and O–H groups in total. The van der Waals surface area contributed by atoms with E-state index in [0.717, 1.165) is 12.1 Å². The number of alkyl halides is 3. The van der Waals surface area contributed by atoms with Gasteiger partial charge in [-0.2, -0.15) is 13.2 Å². The van der Waals surface area contributed by atoms with Gasteiger partial charge < -0.3 is 15.5 Å². The normalized spacial score (nSPS) is 13.4. The van der Waals surface area contributed by atoms with Crippen LogP contribution >= 0.6 is 11.8 Å². The van der Waals surface area contributed by atoms with Gasteiger partial charge in [-0.05, 0) is 24.5 Å². The van der Waals surface area contributed by atoms with E-state index in [1.165, 1.54) is 17.8 Å². The summed E-state index contributed by atoms with van der Waals surface area (Å²) in [5.41, 5.74) is -0.453. The topological polar surface area (TPSA) is 52.5 Å². The predicted octanol–water partition coefficient (Wildman–Crippen LogP) is 2.19. The molecule has 1 aromatic carbocycles. The van der Waals surface area contributed by atoms with Crippen LogP contribution in [0.4, 0.5) is 18.9 Å². The van der Waals surface area contributed by atoms with E-state index >= 15 is 0 Å². The lowest BCUT2D eigenvalue weighted by molar-refractivity contribution is -0.137. The van der Waals surface area contributed by atoms with Crippen LogP contribution < -0.4 is 5.32 Å². The molecule has 0 fully saturated rings. The summed E-state index contributed by atoms with van der Waals surface area (Å²) in [7, 11) is 0. The van der Waals surface area contributed by atoms with Crippen molar-refractivity contribution in [2.45, 2.75) is 17.2 Å². The maximum Gasteiger partial charge on any atom is 0.416 e. The zero-order valence-electron chi connectivity index (χ0n) is 9.66. The number of benzene rings is 1. The Morgan fingerprint density at radius 1 is 1.39 bits per heavy atom. The summed E-state index contributed by atoms with van der Waals surface area (Å²) in [6.45, 7) is -0.452. The van der Waals surface area contributed by atoms with Gasteiger partial charge in [0.1, 0.15) is 0 Å². The zero-order chi connectivity index (χ0) is 13.8. The van der Waals surface area contributed by atoms with Crippen molar-refractivity contribution >= 4 is 17.4 Å². The predicted molar refractivity (Wildman–Crippen MR) is 64.8 cm³/mol. The third-order valence-corrected chi connectivity index (χ3v) is 3.06. The highest BCUT2D eigenvalue weighted by Gasteiger charge is 2.31. The van der Waals surface area contributed by atoms with Crippen LogP contribution in [-0.4, -0.2) is 35.7 Å². The average Bonchev–Trinajstić information content (AvgIpc) is 2.34. The highest BCUT2D eigenvalue weighted by molar-refractivity contribution is 7.98. The molecule has 0 bridgehead atoms. The number of nitrogens with one attached hydrogen (secondary N) is 1. The Balaban J connectivity index is 2.92. The smallest absolute Gasteiger partial charge is 0.394 e. The van der Waals surface area contributed by atoms with E-state index in [0.29, 0.717) is 10.6 Å². The average molecular weight is 281 g/mol. The molecule has 0 spiro atoms. The molecular weight excluding hydrogens is 267 g/mol. The molecule has 7 heteroatoms. The maximum absolute atomic E-state index is 12.5. The number of aliphatic hydroxyl groups is 2. The molecule has 0 saturated carbocycles. The van der Waals surface area contributed by atoms with Crippen molar-refractivity contribution < 1.29 is 23.4 Å². The third kappa shape index (κ3) is 4.08. The molecule has 1 unspecified atom stereocenters. The van der Waals surface area contributed by atoms with Crippen LogP contribution in [0.5, 0.6) is 0 Å². The van der Waals surface area contributed by atoms with Gasteiger partial charge in [-0.3, -0.25) is 0 Å². The van der Waals surface area contributed by atoms with E-state index in [4.69, 9.17) is 5.11 Å². The van der Waals surface area contributed by atoms with Gasteiger partial charge in [0.2, 0.25) is 0 Å². The fraction of sp³-hybridized carbons (Fsp3) is 0.455. The van der Waals surface area contributed by atoms with Crippen LogP contribution in [0, 0.1) is 0 Å². The van der Waals surface area contributed by atoms with E-state index in [1.54, 1.807) is 6.26 Å². The number of aliphatic hydroxyl groups excluding tert-OH is 2. The van der Waals surface area contributed by atoms with Crippen LogP contribution in [0.2, 0.25) is 0 Å². The van der Waals surface area contributed by atoms with Crippen molar-refractivity contribution in [3.63, 3.8) is 0 Å². The van der Waals surface area contributed by atoms with Crippen molar-refractivity contribution in [3.05, 3.63) is 23.8 Å². The Morgan fingerprint density at radius 3 is 2.56 bits per heavy atom. The molecule has 0 aliphatic rings. The molecular formula is C11H14F3NO2S. The number of hydrogen-bond donors (Lipinski definition) is 3. The molecule has 1 atom stereocenters. The Morgan fingerprint density at radius 2 is 2.06 bits per heavy atom. The molecule has 102 valence electrons. The molecule has 0 amide bonds. The first kappa shape index (κ1) is 15.1. The fourth-order valence-corrected chi connectivity index (χ4v) is 1.87. The minimum atomic E-state index is -4.40. The van der Waals surface area contributed by atoms with E-state index in [2.05, 4.69) is 5.32 Å². The lowest BCUT2D eigenvalue weighted by atomic mass is 10.2. The quantitative estimate of drug-likeness (QED) is 0.724. The van der Waals surface area contributed by atoms with Crippen molar-refractivity contribution in [1.82, 2.24) is 0 Å². The molecule has 18 heavy (non-hydrogen) atoms. The summed E-state index contributed by atoms with van der Waals surface area (Å²) >= 11 is 1.30. The van der Waals surface area contributed by atoms with Crippen LogP contribution in [0.15, 0.2) is 23.1 Å². The summed E-state index contributed by atoms with van der Waals surface area (Å²) < 4.78 is 37.6. The van der Waals surface area contributed by atoms with Gasteiger partial charge >= 0.3 is 6.18 Å². The number of rotatable bonds is 5. The largest absolute Gasteiger partial charge is 0.416 e. The minimum Gasteiger partial charge on any atom is -0.394 e. The zero-order valence-corrected chi connectivity index (χ0v) is 10.5. The molecule has 0 heterocycles. The number of halogens is 3. The molecule has 0 aromatic heterocycles. The fourth-order valence-electron chi connectivity index (χ4n) is 1.31. The number of thioether (sulfide) groups is 1. The highest BCUT2D eigenvalue weighted by Crippen LogP contribution is 2.34. The van der Waals surface area contributed by atoms with E-state index < -0.39 is 24.5 Å². The van der Waals surface area contributed by atoms with Gasteiger partial charge in [-0.1, -0.05) is 0 Å². The second kappa shape index (κ2) is 6.31. The van der Waals surface area contributed by atoms with Crippen molar-refractivity contribution in [2.24, 2.45) is 0 Å². The van der Waals surface area contributed by atoms with Crippen LogP contribution in [0.25, 0.3) is 0 Å². The summed E-state index contributed by atoms with van der Waals surface area (Å²) in [4.78, 5) is 0.646. The Hall–Kier alpha value is -0.920. The molecule has 3 nitrogen and oxygen atoms in total. The van der Waals surface area contributed by atoms with Crippen LogP contribution in [0.1, 0.15) is 5.56 Å². The molecule has 1 rings (SSSR count). The van der Waals surface area contributed by atoms with Crippen LogP contribution in [0.3, 0.4) is 0 Å². The SMILES string of the molecule is CSc1ccc(C(F)(F)F)cc1NCC(O)CO. The standard InChI is InChI=1S/C11H14F3NO2S/c1-18-10-3-2-7(11(12,13)14)4-9(10)15-5-8(17)6-16/h2-4,8,15-17H,5-6H2,1H3. The first-order valence-corrected chi connectivity index (χ1v) is 6.39. The third-order valence-electron chi connectivity index (χ3n) is 2.27. The van der Waals surface area contributed by atoms with E-state index in [9.17, 15) is 18.3 Å². The van der Waals surface area contributed by atoms with Gasteiger partial charge in [-0.25, -0.2) is 0 Å². The van der Waals surface area contributed by atoms with Gasteiger partial charge in [0, 0.05) is 17.1 Å². The highest BCUT2D eigenvalue weighted by atomic mass is 32.2. The second-order valence-electron chi connectivity index (χ2n) is 3.63. The van der Waals surface area contributed by atoms with E-state index in [1.807, 2.05) is 0 Å². The molecule has 1 aromatic rings. The Kier molecular flexibility index (Phi) is 5.30. The first-order valence-electron chi connectivity index (χ1n) is 5.16. The number of anilines is 1. The van der Waals surface area contributed by atoms with Crippen LogP contribution in [-0.2, 0) is 6.18 Å². The Bertz CT molecular complexity index is 398. The summed E-state index contributed by atoms with van der Waals surface area (Å²) in [5.74, 6) is 0. The Labute approximate surface area is 107 Å². The molecule has 0 saturated heterocycles. The van der Waals surface area contributed by atoms with Crippen molar-refractivity contribution in [2.75, 3.05) is 24.7 Å². The summed E-state index contributed by atoms with van der Waals surface area (Å²) in [6.07, 6.45) is -3.66. The maximum atomic E-state index is 12.5. The number of hydrogen-bond acceptors (Lipinski definition) is 4. The lowest BCUT2D eigenvalue weighted by Gasteiger charge is -2.15. The second-order valence-corrected chi connectivity index (χ2v) is 4.48. The monoisotopic (exact) mass is 281 g/mol. The van der Waals surface area contributed by atoms with E-state index in [-0.39, 0.29) is 6.54 Å².